The first-order valence-electron chi connectivity index (χ1n) is 9.77. The molecule has 2 fully saturated rings. The van der Waals surface area contributed by atoms with E-state index in [1.54, 1.807) is 18.2 Å². The highest BCUT2D eigenvalue weighted by Gasteiger charge is 2.31. The summed E-state index contributed by atoms with van der Waals surface area (Å²) >= 11 is 0. The van der Waals surface area contributed by atoms with E-state index in [1.807, 2.05) is 12.1 Å². The van der Waals surface area contributed by atoms with Gasteiger partial charge >= 0.3 is 5.97 Å². The molecular formula is C22H22N2O4. The smallest absolute Gasteiger partial charge is 0.307 e. The van der Waals surface area contributed by atoms with E-state index < -0.39 is 5.97 Å². The number of benzene rings is 2. The highest BCUT2D eigenvalue weighted by atomic mass is 16.4. The molecule has 2 atom stereocenters. The maximum Gasteiger partial charge on any atom is 0.307 e. The van der Waals surface area contributed by atoms with Crippen molar-refractivity contribution in [3.63, 3.8) is 0 Å². The Bertz CT molecular complexity index is 1140. The SMILES string of the molecule is O=C(O)Cc1ccc2oc3ccc(C4CNC5CCCN5C4)cc3c(=O)c2c1. The van der Waals surface area contributed by atoms with Gasteiger partial charge in [-0.25, -0.2) is 0 Å². The number of hydrogen-bond donors (Lipinski definition) is 2. The molecule has 3 heterocycles. The average molecular weight is 378 g/mol. The molecule has 2 N–H and O–H groups in total. The number of nitrogens with zero attached hydrogens (tertiary/aromatic N) is 1. The third-order valence-corrected chi connectivity index (χ3v) is 6.00. The quantitative estimate of drug-likeness (QED) is 0.682. The molecule has 2 aliphatic heterocycles. The zero-order chi connectivity index (χ0) is 19.3. The van der Waals surface area contributed by atoms with Crippen LogP contribution in [0, 0.1) is 0 Å². The van der Waals surface area contributed by atoms with E-state index in [0.29, 0.717) is 39.6 Å². The number of aliphatic carboxylic acids is 1. The van der Waals surface area contributed by atoms with Crippen LogP contribution in [0.15, 0.2) is 45.6 Å². The summed E-state index contributed by atoms with van der Waals surface area (Å²) in [6.07, 6.45) is 2.83. The van der Waals surface area contributed by atoms with Crippen molar-refractivity contribution in [1.82, 2.24) is 10.2 Å². The minimum Gasteiger partial charge on any atom is -0.481 e. The van der Waals surface area contributed by atoms with E-state index in [2.05, 4.69) is 16.3 Å². The lowest BCUT2D eigenvalue weighted by atomic mass is 9.94. The predicted octanol–water partition coefficient (Wildman–Crippen LogP) is 2.68. The van der Waals surface area contributed by atoms with Crippen molar-refractivity contribution in [3.05, 3.63) is 57.7 Å². The second kappa shape index (κ2) is 6.72. The molecule has 0 saturated carbocycles. The lowest BCUT2D eigenvalue weighted by Crippen LogP contribution is -2.50. The van der Waals surface area contributed by atoms with E-state index in [-0.39, 0.29) is 11.8 Å². The van der Waals surface area contributed by atoms with E-state index in [9.17, 15) is 9.59 Å². The maximum absolute atomic E-state index is 13.1. The maximum atomic E-state index is 13.1. The van der Waals surface area contributed by atoms with Gasteiger partial charge in [-0.05, 0) is 54.8 Å². The molecule has 6 heteroatoms. The molecule has 144 valence electrons. The van der Waals surface area contributed by atoms with E-state index in [1.165, 1.54) is 12.8 Å². The number of carboxylic acid groups (broad SMARTS) is 1. The van der Waals surface area contributed by atoms with Gasteiger partial charge in [0.25, 0.3) is 0 Å². The monoisotopic (exact) mass is 378 g/mol. The van der Waals surface area contributed by atoms with Crippen molar-refractivity contribution in [3.8, 4) is 0 Å². The molecule has 2 unspecified atom stereocenters. The number of nitrogens with one attached hydrogen (secondary N) is 1. The molecule has 0 aliphatic carbocycles. The Hall–Kier alpha value is -2.70. The molecule has 6 nitrogen and oxygen atoms in total. The van der Waals surface area contributed by atoms with Crippen molar-refractivity contribution < 1.29 is 14.3 Å². The summed E-state index contributed by atoms with van der Waals surface area (Å²) in [5, 5.41) is 13.6. The summed E-state index contributed by atoms with van der Waals surface area (Å²) in [5.41, 5.74) is 2.68. The van der Waals surface area contributed by atoms with Crippen LogP contribution < -0.4 is 10.7 Å². The molecule has 5 rings (SSSR count). The first-order chi connectivity index (χ1) is 13.6. The number of carbonyl (C=O) groups is 1. The van der Waals surface area contributed by atoms with Crippen molar-refractivity contribution in [2.45, 2.75) is 31.3 Å². The summed E-state index contributed by atoms with van der Waals surface area (Å²) in [4.78, 5) is 26.6. The van der Waals surface area contributed by atoms with Crippen LogP contribution in [0.2, 0.25) is 0 Å². The fraction of sp³-hybridized carbons (Fsp3) is 0.364. The third-order valence-electron chi connectivity index (χ3n) is 6.00. The first-order valence-corrected chi connectivity index (χ1v) is 9.77. The number of fused-ring (bicyclic) bond motifs is 3. The molecular weight excluding hydrogens is 356 g/mol. The zero-order valence-electron chi connectivity index (χ0n) is 15.5. The molecule has 0 amide bonds. The Labute approximate surface area is 161 Å². The molecule has 2 aromatic carbocycles. The molecule has 28 heavy (non-hydrogen) atoms. The van der Waals surface area contributed by atoms with Crippen molar-refractivity contribution in [2.75, 3.05) is 19.6 Å². The second-order valence-corrected chi connectivity index (χ2v) is 7.85. The van der Waals surface area contributed by atoms with Gasteiger partial charge in [-0.2, -0.15) is 0 Å². The summed E-state index contributed by atoms with van der Waals surface area (Å²) in [5.74, 6) is -0.580. The molecule has 0 spiro atoms. The van der Waals surface area contributed by atoms with E-state index >= 15 is 0 Å². The van der Waals surface area contributed by atoms with Crippen molar-refractivity contribution in [2.24, 2.45) is 0 Å². The highest BCUT2D eigenvalue weighted by molar-refractivity contribution is 5.90. The van der Waals surface area contributed by atoms with E-state index in [4.69, 9.17) is 9.52 Å². The van der Waals surface area contributed by atoms with Gasteiger partial charge in [-0.3, -0.25) is 14.5 Å². The van der Waals surface area contributed by atoms with Crippen LogP contribution in [-0.2, 0) is 11.2 Å². The minimum atomic E-state index is -0.920. The Morgan fingerprint density at radius 2 is 1.96 bits per heavy atom. The summed E-state index contributed by atoms with van der Waals surface area (Å²) in [7, 11) is 0. The lowest BCUT2D eigenvalue weighted by Gasteiger charge is -2.36. The van der Waals surface area contributed by atoms with Crippen LogP contribution in [-0.4, -0.2) is 41.8 Å². The lowest BCUT2D eigenvalue weighted by molar-refractivity contribution is -0.136. The van der Waals surface area contributed by atoms with Crippen LogP contribution in [0.5, 0.6) is 0 Å². The summed E-state index contributed by atoms with van der Waals surface area (Å²) < 4.78 is 5.93. The van der Waals surface area contributed by atoms with Crippen molar-refractivity contribution >= 4 is 27.9 Å². The summed E-state index contributed by atoms with van der Waals surface area (Å²) in [6.45, 7) is 3.04. The number of hydrogen-bond acceptors (Lipinski definition) is 5. The van der Waals surface area contributed by atoms with Gasteiger partial charge in [0, 0.05) is 19.0 Å². The fourth-order valence-corrected chi connectivity index (χ4v) is 4.58. The Balaban J connectivity index is 1.56. The van der Waals surface area contributed by atoms with Crippen LogP contribution in [0.4, 0.5) is 0 Å². The molecule has 1 aromatic heterocycles. The topological polar surface area (TPSA) is 82.8 Å². The largest absolute Gasteiger partial charge is 0.481 e. The van der Waals surface area contributed by atoms with Gasteiger partial charge in [0.2, 0.25) is 5.43 Å². The van der Waals surface area contributed by atoms with Crippen LogP contribution in [0.3, 0.4) is 0 Å². The van der Waals surface area contributed by atoms with E-state index in [0.717, 1.165) is 25.2 Å². The van der Waals surface area contributed by atoms with Gasteiger partial charge in [0.15, 0.2) is 0 Å². The van der Waals surface area contributed by atoms with Gasteiger partial charge in [0.05, 0.1) is 23.4 Å². The molecule has 0 bridgehead atoms. The van der Waals surface area contributed by atoms with Gasteiger partial charge in [0.1, 0.15) is 11.2 Å². The molecule has 2 saturated heterocycles. The number of carboxylic acids is 1. The van der Waals surface area contributed by atoms with Gasteiger partial charge in [-0.1, -0.05) is 12.1 Å². The zero-order valence-corrected chi connectivity index (χ0v) is 15.5. The average Bonchev–Trinajstić information content (AvgIpc) is 3.16. The molecule has 0 radical (unpaired) electrons. The standard InChI is InChI=1S/C22H22N2O4/c25-21(26)9-13-3-5-18-16(8-13)22(27)17-10-14(4-6-19(17)28-18)15-11-23-20-2-1-7-24(20)12-15/h3-6,8,10,15,20,23H,1-2,7,9,11-12H2,(H,25,26). The Morgan fingerprint density at radius 1 is 1.18 bits per heavy atom. The van der Waals surface area contributed by atoms with Gasteiger partial charge < -0.3 is 14.8 Å². The highest BCUT2D eigenvalue weighted by Crippen LogP contribution is 2.29. The summed E-state index contributed by atoms with van der Waals surface area (Å²) in [6, 6.07) is 10.9. The Kier molecular flexibility index (Phi) is 4.18. The molecule has 2 aliphatic rings. The normalized spacial score (nSPS) is 22.6. The van der Waals surface area contributed by atoms with Crippen LogP contribution in [0.25, 0.3) is 21.9 Å². The Morgan fingerprint density at radius 3 is 2.79 bits per heavy atom. The van der Waals surface area contributed by atoms with Gasteiger partial charge in [-0.15, -0.1) is 0 Å². The first kappa shape index (κ1) is 17.4. The number of rotatable bonds is 3. The molecule has 3 aromatic rings. The minimum absolute atomic E-state index is 0.104. The second-order valence-electron chi connectivity index (χ2n) is 7.85. The van der Waals surface area contributed by atoms with Crippen LogP contribution in [0.1, 0.15) is 29.9 Å². The fourth-order valence-electron chi connectivity index (χ4n) is 4.58. The predicted molar refractivity (Wildman–Crippen MR) is 107 cm³/mol. The third kappa shape index (κ3) is 2.99. The van der Waals surface area contributed by atoms with Crippen molar-refractivity contribution in [1.29, 1.82) is 0 Å². The van der Waals surface area contributed by atoms with Crippen LogP contribution >= 0.6 is 0 Å².